The number of aromatic hydroxyl groups is 1. The summed E-state index contributed by atoms with van der Waals surface area (Å²) in [4.78, 5) is 23.3. The van der Waals surface area contributed by atoms with Crippen molar-refractivity contribution < 1.29 is 14.3 Å². The second-order valence-electron chi connectivity index (χ2n) is 6.16. The molecule has 1 unspecified atom stereocenters. The molecule has 0 saturated heterocycles. The summed E-state index contributed by atoms with van der Waals surface area (Å²) in [6, 6.07) is 9.70. The number of rotatable bonds is 2. The van der Waals surface area contributed by atoms with Crippen LogP contribution in [0.3, 0.4) is 0 Å². The van der Waals surface area contributed by atoms with Gasteiger partial charge in [0, 0.05) is 29.0 Å². The number of hydrogen-bond donors (Lipinski definition) is 1. The number of aldehydes is 1. The summed E-state index contributed by atoms with van der Waals surface area (Å²) in [7, 11) is 0. The summed E-state index contributed by atoms with van der Waals surface area (Å²) in [6.45, 7) is 0. The Balaban J connectivity index is 2.11. The van der Waals surface area contributed by atoms with Crippen LogP contribution >= 0.6 is 0 Å². The first kappa shape index (κ1) is 14.7. The largest absolute Gasteiger partial charge is 0.508 e. The van der Waals surface area contributed by atoms with Crippen LogP contribution in [0.1, 0.15) is 30.7 Å². The molecule has 1 heterocycles. The minimum Gasteiger partial charge on any atom is -0.508 e. The van der Waals surface area contributed by atoms with Crippen LogP contribution in [0.2, 0.25) is 0 Å². The Labute approximate surface area is 138 Å². The van der Waals surface area contributed by atoms with Gasteiger partial charge >= 0.3 is 0 Å². The van der Waals surface area contributed by atoms with Crippen LogP contribution in [-0.4, -0.2) is 11.4 Å². The molecular weight excluding hydrogens is 304 g/mol. The number of fused-ring (bicyclic) bond motifs is 2. The highest BCUT2D eigenvalue weighted by atomic mass is 16.3. The highest BCUT2D eigenvalue weighted by molar-refractivity contribution is 5.91. The molecule has 1 N–H and O–H groups in total. The van der Waals surface area contributed by atoms with Gasteiger partial charge in [0.2, 0.25) is 0 Å². The van der Waals surface area contributed by atoms with Gasteiger partial charge in [0.25, 0.3) is 0 Å². The summed E-state index contributed by atoms with van der Waals surface area (Å²) < 4.78 is 5.84. The van der Waals surface area contributed by atoms with Gasteiger partial charge < -0.3 is 9.52 Å². The van der Waals surface area contributed by atoms with Crippen molar-refractivity contribution in [1.82, 2.24) is 0 Å². The zero-order chi connectivity index (χ0) is 16.7. The molecule has 0 bridgehead atoms. The van der Waals surface area contributed by atoms with Crippen LogP contribution < -0.4 is 5.43 Å². The van der Waals surface area contributed by atoms with Gasteiger partial charge in [-0.1, -0.05) is 6.08 Å². The lowest BCUT2D eigenvalue weighted by Crippen LogP contribution is -2.11. The fraction of sp³-hybridized carbons (Fsp3) is 0.200. The maximum Gasteiger partial charge on any atom is 0.182 e. The molecule has 0 radical (unpaired) electrons. The van der Waals surface area contributed by atoms with Crippen molar-refractivity contribution in [3.8, 4) is 17.1 Å². The van der Waals surface area contributed by atoms with Crippen LogP contribution in [0.15, 0.2) is 57.3 Å². The molecule has 1 aromatic carbocycles. The van der Waals surface area contributed by atoms with Gasteiger partial charge in [0.1, 0.15) is 23.4 Å². The summed E-state index contributed by atoms with van der Waals surface area (Å²) in [5.74, 6) is 0.552. The number of hydrogen-bond acceptors (Lipinski definition) is 4. The quantitative estimate of drug-likeness (QED) is 0.572. The van der Waals surface area contributed by atoms with Crippen molar-refractivity contribution in [1.29, 1.82) is 0 Å². The number of allylic oxidation sites excluding steroid dienone is 2. The summed E-state index contributed by atoms with van der Waals surface area (Å²) in [6.07, 6.45) is 5.70. The normalized spacial score (nSPS) is 17.8. The van der Waals surface area contributed by atoms with Crippen LogP contribution in [0.25, 0.3) is 22.3 Å². The van der Waals surface area contributed by atoms with Crippen LogP contribution in [0, 0.1) is 0 Å². The third-order valence-corrected chi connectivity index (χ3v) is 4.68. The molecule has 3 aliphatic rings. The molecular formula is C20H16O4. The predicted molar refractivity (Wildman–Crippen MR) is 91.5 cm³/mol. The lowest BCUT2D eigenvalue weighted by Gasteiger charge is -2.25. The van der Waals surface area contributed by atoms with Crippen molar-refractivity contribution in [3.05, 3.63) is 63.8 Å². The molecule has 1 aromatic rings. The van der Waals surface area contributed by atoms with Crippen molar-refractivity contribution in [2.45, 2.75) is 25.2 Å². The minimum absolute atomic E-state index is 0.0281. The molecule has 4 heteroatoms. The van der Waals surface area contributed by atoms with E-state index < -0.39 is 0 Å². The Morgan fingerprint density at radius 2 is 2.04 bits per heavy atom. The van der Waals surface area contributed by atoms with E-state index >= 15 is 0 Å². The van der Waals surface area contributed by atoms with E-state index in [0.717, 1.165) is 47.6 Å². The first-order chi connectivity index (χ1) is 11.7. The highest BCUT2D eigenvalue weighted by Crippen LogP contribution is 2.43. The van der Waals surface area contributed by atoms with E-state index in [0.29, 0.717) is 11.3 Å². The van der Waals surface area contributed by atoms with Crippen molar-refractivity contribution in [2.75, 3.05) is 0 Å². The SMILES string of the molecule is O=CC1=CCCCC1c1c2ccc(=O)cc-2oc2cc(O)ccc12. The van der Waals surface area contributed by atoms with Crippen molar-refractivity contribution >= 4 is 17.3 Å². The molecule has 0 amide bonds. The number of phenolic OH excluding ortho intramolecular Hbond substituents is 1. The van der Waals surface area contributed by atoms with E-state index in [2.05, 4.69) is 0 Å². The van der Waals surface area contributed by atoms with Gasteiger partial charge in [0.05, 0.1) is 0 Å². The van der Waals surface area contributed by atoms with Gasteiger partial charge in [-0.05, 0) is 54.7 Å². The van der Waals surface area contributed by atoms with E-state index in [1.54, 1.807) is 18.2 Å². The van der Waals surface area contributed by atoms with Crippen molar-refractivity contribution in [3.63, 3.8) is 0 Å². The molecule has 0 saturated carbocycles. The molecule has 0 spiro atoms. The molecule has 120 valence electrons. The summed E-state index contributed by atoms with van der Waals surface area (Å²) in [5.41, 5.74) is 2.98. The van der Waals surface area contributed by atoms with E-state index in [1.807, 2.05) is 12.1 Å². The first-order valence-corrected chi connectivity index (χ1v) is 8.02. The molecule has 0 aromatic heterocycles. The lowest BCUT2D eigenvalue weighted by atomic mass is 9.79. The topological polar surface area (TPSA) is 67.5 Å². The maximum absolute atomic E-state index is 11.7. The van der Waals surface area contributed by atoms with Gasteiger partial charge in [-0.25, -0.2) is 0 Å². The fourth-order valence-electron chi connectivity index (χ4n) is 3.61. The summed E-state index contributed by atoms with van der Waals surface area (Å²) >= 11 is 0. The molecule has 24 heavy (non-hydrogen) atoms. The molecule has 1 atom stereocenters. The van der Waals surface area contributed by atoms with E-state index in [9.17, 15) is 14.7 Å². The van der Waals surface area contributed by atoms with Gasteiger partial charge in [-0.2, -0.15) is 0 Å². The maximum atomic E-state index is 11.7. The summed E-state index contributed by atoms with van der Waals surface area (Å²) in [5, 5.41) is 10.6. The van der Waals surface area contributed by atoms with E-state index in [4.69, 9.17) is 4.42 Å². The number of phenols is 1. The van der Waals surface area contributed by atoms with Crippen LogP contribution in [-0.2, 0) is 4.79 Å². The zero-order valence-electron chi connectivity index (χ0n) is 13.0. The van der Waals surface area contributed by atoms with Crippen LogP contribution in [0.5, 0.6) is 5.75 Å². The molecule has 2 aliphatic carbocycles. The van der Waals surface area contributed by atoms with Gasteiger partial charge in [-0.15, -0.1) is 0 Å². The number of carbonyl (C=O) groups is 1. The Bertz CT molecular complexity index is 996. The van der Waals surface area contributed by atoms with E-state index in [1.165, 1.54) is 12.1 Å². The lowest BCUT2D eigenvalue weighted by molar-refractivity contribution is -0.105. The highest BCUT2D eigenvalue weighted by Gasteiger charge is 2.26. The molecule has 4 nitrogen and oxygen atoms in total. The average molecular weight is 320 g/mol. The van der Waals surface area contributed by atoms with Crippen molar-refractivity contribution in [2.24, 2.45) is 0 Å². The number of carbonyl (C=O) groups excluding carboxylic acids is 1. The Morgan fingerprint density at radius 1 is 1.17 bits per heavy atom. The second-order valence-corrected chi connectivity index (χ2v) is 6.16. The van der Waals surface area contributed by atoms with E-state index in [-0.39, 0.29) is 17.1 Å². The first-order valence-electron chi connectivity index (χ1n) is 8.02. The minimum atomic E-state index is -0.133. The van der Waals surface area contributed by atoms with Gasteiger partial charge in [-0.3, -0.25) is 9.59 Å². The molecule has 0 fully saturated rings. The zero-order valence-corrected chi connectivity index (χ0v) is 13.0. The third-order valence-electron chi connectivity index (χ3n) is 4.68. The van der Waals surface area contributed by atoms with Gasteiger partial charge in [0.15, 0.2) is 5.43 Å². The average Bonchev–Trinajstić information content (AvgIpc) is 2.59. The van der Waals surface area contributed by atoms with Crippen LogP contribution in [0.4, 0.5) is 0 Å². The smallest absolute Gasteiger partial charge is 0.182 e. The molecule has 1 aliphatic heterocycles. The Hall–Kier alpha value is -2.88. The monoisotopic (exact) mass is 320 g/mol. The standard InChI is InChI=1S/C20H16O4/c21-11-12-3-1-2-4-15(12)20-16-7-5-13(22)9-18(16)24-19-10-14(23)6-8-17(19)20/h3,5-11,15,22H,1-2,4H2. The molecule has 4 rings (SSSR count). The predicted octanol–water partition coefficient (Wildman–Crippen LogP) is 4.00. The third kappa shape index (κ3) is 2.31. The fourth-order valence-corrected chi connectivity index (χ4v) is 3.61. The number of benzene rings is 2. The Morgan fingerprint density at radius 3 is 2.88 bits per heavy atom. The second kappa shape index (κ2) is 5.64. The Kier molecular flexibility index (Phi) is 3.45.